The summed E-state index contributed by atoms with van der Waals surface area (Å²) < 4.78 is 8.64. The van der Waals surface area contributed by atoms with Crippen molar-refractivity contribution in [1.82, 2.24) is 19.6 Å². The van der Waals surface area contributed by atoms with E-state index in [1.54, 1.807) is 0 Å². The molecule has 7 nitrogen and oxygen atoms in total. The van der Waals surface area contributed by atoms with E-state index in [4.69, 9.17) is 4.74 Å². The van der Waals surface area contributed by atoms with Gasteiger partial charge in [0.25, 0.3) is 11.5 Å². The number of aromatic amines is 1. The Morgan fingerprint density at radius 3 is 2.62 bits per heavy atom. The Balaban J connectivity index is 1.69. The number of nitrogens with one attached hydrogen (secondary N) is 2. The Labute approximate surface area is 195 Å². The Bertz CT molecular complexity index is 1220. The van der Waals surface area contributed by atoms with Crippen LogP contribution in [0.3, 0.4) is 0 Å². The van der Waals surface area contributed by atoms with Crippen LogP contribution in [0.25, 0.3) is 5.52 Å². The van der Waals surface area contributed by atoms with Crippen LogP contribution in [0.5, 0.6) is 0 Å². The van der Waals surface area contributed by atoms with Crippen LogP contribution in [0, 0.1) is 20.8 Å². The summed E-state index contributed by atoms with van der Waals surface area (Å²) in [6.45, 7) is 11.2. The minimum atomic E-state index is -0.183. The molecule has 0 radical (unpaired) electrons. The molecule has 1 unspecified atom stereocenters. The number of carbonyl (C=O) groups is 1. The van der Waals surface area contributed by atoms with Crippen molar-refractivity contribution >= 4 is 27.4 Å². The Morgan fingerprint density at radius 1 is 1.22 bits per heavy atom. The lowest BCUT2D eigenvalue weighted by molar-refractivity contribution is 0.0187. The Kier molecular flexibility index (Phi) is 6.55. The van der Waals surface area contributed by atoms with Crippen molar-refractivity contribution in [2.24, 2.45) is 0 Å². The van der Waals surface area contributed by atoms with E-state index in [1.807, 2.05) is 45.2 Å². The van der Waals surface area contributed by atoms with Crippen molar-refractivity contribution in [2.45, 2.75) is 40.3 Å². The normalized spacial score (nSPS) is 15.8. The standard InChI is InChI=1S/C24H29BrN4O3/c1-14-9-15(2)27-24(31)21(14)12-26-23(30)20-11-19-10-18(25)13-29(19)22(16(20)3)17(4)28-5-7-32-8-6-28/h9-11,13,17H,5-8,12H2,1-4H3,(H,26,30)(H,27,31). The predicted octanol–water partition coefficient (Wildman–Crippen LogP) is 3.64. The van der Waals surface area contributed by atoms with E-state index in [0.29, 0.717) is 24.3 Å². The van der Waals surface area contributed by atoms with Crippen LogP contribution >= 0.6 is 15.9 Å². The molecule has 1 aliphatic heterocycles. The molecule has 4 rings (SSSR count). The molecule has 1 saturated heterocycles. The zero-order chi connectivity index (χ0) is 23.0. The fourth-order valence-corrected chi connectivity index (χ4v) is 5.03. The molecular weight excluding hydrogens is 472 g/mol. The number of hydrogen-bond acceptors (Lipinski definition) is 4. The number of nitrogens with zero attached hydrogens (tertiary/aromatic N) is 2. The van der Waals surface area contributed by atoms with Crippen LogP contribution in [-0.2, 0) is 11.3 Å². The van der Waals surface area contributed by atoms with Gasteiger partial charge in [0.15, 0.2) is 0 Å². The summed E-state index contributed by atoms with van der Waals surface area (Å²) in [4.78, 5) is 30.8. The molecule has 2 N–H and O–H groups in total. The number of carbonyl (C=O) groups excluding carboxylic acids is 1. The maximum atomic E-state index is 13.3. The molecule has 3 aromatic heterocycles. The number of rotatable bonds is 5. The van der Waals surface area contributed by atoms with Crippen molar-refractivity contribution in [3.63, 3.8) is 0 Å². The van der Waals surface area contributed by atoms with Crippen LogP contribution in [0.2, 0.25) is 0 Å². The first-order valence-corrected chi connectivity index (χ1v) is 11.7. The fraction of sp³-hybridized carbons (Fsp3) is 0.417. The average Bonchev–Trinajstić information content (AvgIpc) is 3.12. The minimum absolute atomic E-state index is 0.121. The molecular formula is C24H29BrN4O3. The van der Waals surface area contributed by atoms with Gasteiger partial charge in [-0.1, -0.05) is 0 Å². The van der Waals surface area contributed by atoms with Gasteiger partial charge in [0.05, 0.1) is 13.2 Å². The van der Waals surface area contributed by atoms with Gasteiger partial charge in [-0.25, -0.2) is 0 Å². The highest BCUT2D eigenvalue weighted by atomic mass is 79.9. The SMILES string of the molecule is Cc1cc(C)c(CNC(=O)c2cc3cc(Br)cn3c(C(C)N3CCOCC3)c2C)c(=O)[nH]1. The third kappa shape index (κ3) is 4.40. The molecule has 0 aromatic carbocycles. The van der Waals surface area contributed by atoms with E-state index in [1.165, 1.54) is 0 Å². The van der Waals surface area contributed by atoms with E-state index in [2.05, 4.69) is 42.5 Å². The monoisotopic (exact) mass is 500 g/mol. The van der Waals surface area contributed by atoms with Gasteiger partial charge in [-0.15, -0.1) is 0 Å². The van der Waals surface area contributed by atoms with E-state index in [-0.39, 0.29) is 24.1 Å². The van der Waals surface area contributed by atoms with Gasteiger partial charge in [-0.3, -0.25) is 14.5 Å². The summed E-state index contributed by atoms with van der Waals surface area (Å²) in [7, 11) is 0. The molecule has 1 aliphatic rings. The molecule has 0 saturated carbocycles. The molecule has 170 valence electrons. The van der Waals surface area contributed by atoms with Crippen molar-refractivity contribution in [3.05, 3.63) is 72.9 Å². The molecule has 1 fully saturated rings. The molecule has 1 atom stereocenters. The zero-order valence-corrected chi connectivity index (χ0v) is 20.5. The number of amides is 1. The van der Waals surface area contributed by atoms with Crippen LogP contribution < -0.4 is 10.9 Å². The number of H-pyrrole nitrogens is 1. The van der Waals surface area contributed by atoms with Crippen LogP contribution in [-0.4, -0.2) is 46.5 Å². The summed E-state index contributed by atoms with van der Waals surface area (Å²) in [5.74, 6) is -0.183. The fourth-order valence-electron chi connectivity index (χ4n) is 4.59. The second kappa shape index (κ2) is 9.21. The highest BCUT2D eigenvalue weighted by Gasteiger charge is 2.25. The zero-order valence-electron chi connectivity index (χ0n) is 18.9. The lowest BCUT2D eigenvalue weighted by atomic mass is 10.0. The van der Waals surface area contributed by atoms with Gasteiger partial charge in [0.1, 0.15) is 0 Å². The van der Waals surface area contributed by atoms with Crippen molar-refractivity contribution < 1.29 is 9.53 Å². The lowest BCUT2D eigenvalue weighted by Gasteiger charge is -2.34. The number of aryl methyl sites for hydroxylation is 2. The summed E-state index contributed by atoms with van der Waals surface area (Å²) in [5.41, 5.74) is 5.70. The second-order valence-corrected chi connectivity index (χ2v) is 9.39. The van der Waals surface area contributed by atoms with E-state index >= 15 is 0 Å². The topological polar surface area (TPSA) is 78.8 Å². The molecule has 0 aliphatic carbocycles. The van der Waals surface area contributed by atoms with E-state index in [0.717, 1.165) is 45.6 Å². The molecule has 3 aromatic rings. The van der Waals surface area contributed by atoms with Gasteiger partial charge in [-0.2, -0.15) is 0 Å². The molecule has 0 bridgehead atoms. The maximum Gasteiger partial charge on any atom is 0.253 e. The Morgan fingerprint density at radius 2 is 1.94 bits per heavy atom. The summed E-state index contributed by atoms with van der Waals surface area (Å²) in [5, 5.41) is 2.96. The number of aromatic nitrogens is 2. The first kappa shape index (κ1) is 22.8. The third-order valence-corrected chi connectivity index (χ3v) is 6.74. The largest absolute Gasteiger partial charge is 0.379 e. The van der Waals surface area contributed by atoms with Crippen molar-refractivity contribution in [3.8, 4) is 0 Å². The number of fused-ring (bicyclic) bond motifs is 1. The van der Waals surface area contributed by atoms with Crippen LogP contribution in [0.4, 0.5) is 0 Å². The van der Waals surface area contributed by atoms with Gasteiger partial charge >= 0.3 is 0 Å². The minimum Gasteiger partial charge on any atom is -0.379 e. The van der Waals surface area contributed by atoms with Gasteiger partial charge < -0.3 is 19.4 Å². The molecule has 4 heterocycles. The molecule has 32 heavy (non-hydrogen) atoms. The first-order valence-electron chi connectivity index (χ1n) is 10.9. The maximum absolute atomic E-state index is 13.3. The van der Waals surface area contributed by atoms with Crippen LogP contribution in [0.1, 0.15) is 51.4 Å². The second-order valence-electron chi connectivity index (χ2n) is 8.47. The predicted molar refractivity (Wildman–Crippen MR) is 128 cm³/mol. The summed E-state index contributed by atoms with van der Waals surface area (Å²) in [6.07, 6.45) is 2.05. The van der Waals surface area contributed by atoms with Gasteiger partial charge in [0.2, 0.25) is 0 Å². The van der Waals surface area contributed by atoms with E-state index in [9.17, 15) is 9.59 Å². The Hall–Kier alpha value is -2.42. The highest BCUT2D eigenvalue weighted by molar-refractivity contribution is 9.10. The third-order valence-electron chi connectivity index (χ3n) is 6.31. The molecule has 8 heteroatoms. The van der Waals surface area contributed by atoms with Crippen molar-refractivity contribution in [2.75, 3.05) is 26.3 Å². The number of ether oxygens (including phenoxy) is 1. The quantitative estimate of drug-likeness (QED) is 0.560. The van der Waals surface area contributed by atoms with Gasteiger partial charge in [0, 0.05) is 64.4 Å². The summed E-state index contributed by atoms with van der Waals surface area (Å²) >= 11 is 3.58. The number of pyridine rings is 2. The lowest BCUT2D eigenvalue weighted by Crippen LogP contribution is -2.39. The number of morpholine rings is 1. The average molecular weight is 501 g/mol. The summed E-state index contributed by atoms with van der Waals surface area (Å²) in [6, 6.07) is 5.97. The smallest absolute Gasteiger partial charge is 0.253 e. The van der Waals surface area contributed by atoms with Gasteiger partial charge in [-0.05, 0) is 73.0 Å². The first-order chi connectivity index (χ1) is 15.3. The van der Waals surface area contributed by atoms with Crippen molar-refractivity contribution in [1.29, 1.82) is 0 Å². The van der Waals surface area contributed by atoms with Crippen LogP contribution in [0.15, 0.2) is 33.7 Å². The molecule has 0 spiro atoms. The number of hydrogen-bond donors (Lipinski definition) is 2. The highest BCUT2D eigenvalue weighted by Crippen LogP contribution is 2.30. The van der Waals surface area contributed by atoms with E-state index < -0.39 is 0 Å². The number of halogens is 1. The molecule has 1 amide bonds.